The van der Waals surface area contributed by atoms with Gasteiger partial charge in [0.15, 0.2) is 5.69 Å². The first-order valence-corrected chi connectivity index (χ1v) is 8.67. The minimum atomic E-state index is -0.257. The molecule has 3 heterocycles. The average molecular weight is 351 g/mol. The molecule has 2 aromatic heterocycles. The van der Waals surface area contributed by atoms with Crippen molar-refractivity contribution >= 4 is 5.91 Å². The number of rotatable bonds is 5. The van der Waals surface area contributed by atoms with Gasteiger partial charge in [0, 0.05) is 32.5 Å². The second kappa shape index (κ2) is 7.13. The largest absolute Gasteiger partial charge is 0.447 e. The van der Waals surface area contributed by atoms with Crippen molar-refractivity contribution in [3.8, 4) is 0 Å². The molecule has 0 fully saturated rings. The highest BCUT2D eigenvalue weighted by Gasteiger charge is 2.19. The summed E-state index contributed by atoms with van der Waals surface area (Å²) in [5.41, 5.74) is 3.05. The molecule has 4 rings (SSSR count). The molecule has 134 valence electrons. The number of amides is 1. The molecule has 0 bridgehead atoms. The van der Waals surface area contributed by atoms with Crippen LogP contribution >= 0.6 is 0 Å². The Morgan fingerprint density at radius 2 is 2.15 bits per heavy atom. The van der Waals surface area contributed by atoms with Crippen LogP contribution < -0.4 is 5.32 Å². The van der Waals surface area contributed by atoms with Crippen LogP contribution in [0, 0.1) is 0 Å². The van der Waals surface area contributed by atoms with Crippen molar-refractivity contribution in [2.75, 3.05) is 6.54 Å². The van der Waals surface area contributed by atoms with Crippen LogP contribution in [0.4, 0.5) is 0 Å². The van der Waals surface area contributed by atoms with Crippen molar-refractivity contribution in [3.05, 3.63) is 71.5 Å². The fraction of sp³-hybridized carbons (Fsp3) is 0.316. The summed E-state index contributed by atoms with van der Waals surface area (Å²) in [6, 6.07) is 8.49. The predicted molar refractivity (Wildman–Crippen MR) is 95.1 cm³/mol. The van der Waals surface area contributed by atoms with Crippen molar-refractivity contribution in [1.29, 1.82) is 0 Å². The third-order valence-corrected chi connectivity index (χ3v) is 4.68. The molecule has 3 aromatic rings. The van der Waals surface area contributed by atoms with E-state index in [-0.39, 0.29) is 5.91 Å². The Balaban J connectivity index is 1.34. The number of benzene rings is 1. The summed E-state index contributed by atoms with van der Waals surface area (Å²) in [6.45, 7) is 2.79. The van der Waals surface area contributed by atoms with E-state index in [0.717, 1.165) is 25.3 Å². The number of aromatic nitrogens is 3. The van der Waals surface area contributed by atoms with Crippen LogP contribution in [0.1, 0.15) is 33.3 Å². The molecule has 0 saturated heterocycles. The maximum absolute atomic E-state index is 12.2. The highest BCUT2D eigenvalue weighted by molar-refractivity contribution is 5.91. The van der Waals surface area contributed by atoms with Gasteiger partial charge in [0.25, 0.3) is 5.91 Å². The van der Waals surface area contributed by atoms with Gasteiger partial charge in [-0.2, -0.15) is 0 Å². The number of nitrogens with zero attached hydrogens (tertiary/aromatic N) is 4. The van der Waals surface area contributed by atoms with E-state index in [0.29, 0.717) is 24.7 Å². The summed E-state index contributed by atoms with van der Waals surface area (Å²) in [5.74, 6) is 1.09. The summed E-state index contributed by atoms with van der Waals surface area (Å²) in [7, 11) is 1.89. The number of fused-ring (bicyclic) bond motifs is 1. The number of imidazole rings is 1. The van der Waals surface area contributed by atoms with Crippen LogP contribution in [-0.4, -0.2) is 31.9 Å². The van der Waals surface area contributed by atoms with E-state index in [4.69, 9.17) is 4.42 Å². The molecule has 0 unspecified atom stereocenters. The van der Waals surface area contributed by atoms with Crippen LogP contribution in [0.15, 0.2) is 47.3 Å². The molecule has 1 aromatic carbocycles. The molecular formula is C19H21N5O2. The lowest BCUT2D eigenvalue weighted by Crippen LogP contribution is -2.30. The van der Waals surface area contributed by atoms with Gasteiger partial charge in [-0.25, -0.2) is 9.97 Å². The van der Waals surface area contributed by atoms with Crippen LogP contribution in [-0.2, 0) is 33.1 Å². The molecule has 0 saturated carbocycles. The molecule has 0 aliphatic carbocycles. The van der Waals surface area contributed by atoms with E-state index < -0.39 is 0 Å². The zero-order valence-electron chi connectivity index (χ0n) is 14.7. The summed E-state index contributed by atoms with van der Waals surface area (Å²) < 4.78 is 7.37. The van der Waals surface area contributed by atoms with E-state index >= 15 is 0 Å². The first kappa shape index (κ1) is 16.5. The van der Waals surface area contributed by atoms with Gasteiger partial charge in [0.2, 0.25) is 5.89 Å². The molecule has 0 radical (unpaired) electrons. The fourth-order valence-corrected chi connectivity index (χ4v) is 3.18. The second-order valence-corrected chi connectivity index (χ2v) is 6.49. The lowest BCUT2D eigenvalue weighted by molar-refractivity contribution is 0.0944. The van der Waals surface area contributed by atoms with Gasteiger partial charge >= 0.3 is 0 Å². The average Bonchev–Trinajstić information content (AvgIpc) is 3.29. The number of carbonyl (C=O) groups is 1. The molecule has 1 N–H and O–H groups in total. The number of aryl methyl sites for hydroxylation is 1. The molecule has 0 atom stereocenters. The van der Waals surface area contributed by atoms with E-state index in [9.17, 15) is 4.79 Å². The topological polar surface area (TPSA) is 76.2 Å². The Labute approximate surface area is 151 Å². The third-order valence-electron chi connectivity index (χ3n) is 4.68. The maximum Gasteiger partial charge on any atom is 0.273 e. The number of hydrogen-bond donors (Lipinski definition) is 1. The fourth-order valence-electron chi connectivity index (χ4n) is 3.18. The molecule has 1 aliphatic heterocycles. The molecular weight excluding hydrogens is 330 g/mol. The zero-order chi connectivity index (χ0) is 17.9. The monoisotopic (exact) mass is 351 g/mol. The van der Waals surface area contributed by atoms with Crippen molar-refractivity contribution < 1.29 is 9.21 Å². The van der Waals surface area contributed by atoms with Crippen molar-refractivity contribution in [2.45, 2.75) is 26.1 Å². The molecule has 1 amide bonds. The minimum absolute atomic E-state index is 0.257. The molecule has 26 heavy (non-hydrogen) atoms. The van der Waals surface area contributed by atoms with E-state index in [2.05, 4.69) is 44.5 Å². The normalized spacial score (nSPS) is 14.2. The Bertz CT molecular complexity index is 914. The molecule has 1 aliphatic rings. The van der Waals surface area contributed by atoms with Crippen molar-refractivity contribution in [3.63, 3.8) is 0 Å². The first-order chi connectivity index (χ1) is 12.7. The molecule has 7 heteroatoms. The van der Waals surface area contributed by atoms with Crippen LogP contribution in [0.5, 0.6) is 0 Å². The van der Waals surface area contributed by atoms with Gasteiger partial charge in [-0.05, 0) is 17.5 Å². The summed E-state index contributed by atoms with van der Waals surface area (Å²) in [4.78, 5) is 23.0. The first-order valence-electron chi connectivity index (χ1n) is 8.67. The number of nitrogens with one attached hydrogen (secondary N) is 1. The Kier molecular flexibility index (Phi) is 4.53. The SMILES string of the molecule is Cn1ccnc1CNC(=O)c1coc(CN2CCc3ccccc3C2)n1. The van der Waals surface area contributed by atoms with Crippen LogP contribution in [0.3, 0.4) is 0 Å². The van der Waals surface area contributed by atoms with Crippen molar-refractivity contribution in [2.24, 2.45) is 7.05 Å². The van der Waals surface area contributed by atoms with Gasteiger partial charge in [-0.15, -0.1) is 0 Å². The highest BCUT2D eigenvalue weighted by atomic mass is 16.3. The summed E-state index contributed by atoms with van der Waals surface area (Å²) in [5, 5.41) is 2.81. The second-order valence-electron chi connectivity index (χ2n) is 6.49. The molecule has 7 nitrogen and oxygen atoms in total. The number of carbonyl (C=O) groups excluding carboxylic acids is 1. The van der Waals surface area contributed by atoms with E-state index in [1.165, 1.54) is 17.4 Å². The van der Waals surface area contributed by atoms with Gasteiger partial charge in [0.1, 0.15) is 12.1 Å². The highest BCUT2D eigenvalue weighted by Crippen LogP contribution is 2.20. The standard InChI is InChI=1S/C19H21N5O2/c1-23-9-7-20-17(23)10-21-19(25)16-13-26-18(22-16)12-24-8-6-14-4-2-3-5-15(14)11-24/h2-5,7,9,13H,6,8,10-12H2,1H3,(H,21,25). The summed E-state index contributed by atoms with van der Waals surface area (Å²) in [6.07, 6.45) is 5.98. The zero-order valence-corrected chi connectivity index (χ0v) is 14.7. The van der Waals surface area contributed by atoms with E-state index in [1.807, 2.05) is 17.8 Å². The Morgan fingerprint density at radius 1 is 1.31 bits per heavy atom. The van der Waals surface area contributed by atoms with Gasteiger partial charge in [-0.3, -0.25) is 9.69 Å². The minimum Gasteiger partial charge on any atom is -0.447 e. The lowest BCUT2D eigenvalue weighted by atomic mass is 10.00. The van der Waals surface area contributed by atoms with Crippen LogP contribution in [0.2, 0.25) is 0 Å². The maximum atomic E-state index is 12.2. The Hall–Kier alpha value is -2.93. The quantitative estimate of drug-likeness (QED) is 0.760. The molecule has 0 spiro atoms. The number of oxazole rings is 1. The van der Waals surface area contributed by atoms with Gasteiger partial charge in [0.05, 0.1) is 13.1 Å². The van der Waals surface area contributed by atoms with Gasteiger partial charge in [-0.1, -0.05) is 24.3 Å². The van der Waals surface area contributed by atoms with Gasteiger partial charge < -0.3 is 14.3 Å². The number of hydrogen-bond acceptors (Lipinski definition) is 5. The summed E-state index contributed by atoms with van der Waals surface area (Å²) >= 11 is 0. The lowest BCUT2D eigenvalue weighted by Gasteiger charge is -2.27. The Morgan fingerprint density at radius 3 is 2.96 bits per heavy atom. The third kappa shape index (κ3) is 3.52. The van der Waals surface area contributed by atoms with E-state index in [1.54, 1.807) is 6.20 Å². The van der Waals surface area contributed by atoms with Crippen LogP contribution in [0.25, 0.3) is 0 Å². The smallest absolute Gasteiger partial charge is 0.273 e. The predicted octanol–water partition coefficient (Wildman–Crippen LogP) is 1.90. The van der Waals surface area contributed by atoms with Crippen molar-refractivity contribution in [1.82, 2.24) is 24.8 Å².